The summed E-state index contributed by atoms with van der Waals surface area (Å²) in [6, 6.07) is 3.33. The molecular formula is C16H25F2N2OP. The molecule has 6 heteroatoms. The molecule has 22 heavy (non-hydrogen) atoms. The van der Waals surface area contributed by atoms with Crippen molar-refractivity contribution in [1.29, 1.82) is 0 Å². The number of alkyl halides is 2. The fraction of sp³-hybridized carbons (Fsp3) is 0.625. The molecule has 0 bridgehead atoms. The molecule has 1 amide bonds. The molecule has 0 saturated carbocycles. The van der Waals surface area contributed by atoms with E-state index in [-0.39, 0.29) is 11.5 Å². The van der Waals surface area contributed by atoms with Crippen LogP contribution in [0.5, 0.6) is 0 Å². The molecule has 0 aromatic carbocycles. The first-order valence-electron chi connectivity index (χ1n) is 7.49. The topological polar surface area (TPSA) is 33.2 Å². The predicted octanol–water partition coefficient (Wildman–Crippen LogP) is 3.97. The van der Waals surface area contributed by atoms with Crippen LogP contribution in [0.1, 0.15) is 44.9 Å². The van der Waals surface area contributed by atoms with Crippen molar-refractivity contribution in [1.82, 2.24) is 9.88 Å². The van der Waals surface area contributed by atoms with Gasteiger partial charge in [0, 0.05) is 37.0 Å². The van der Waals surface area contributed by atoms with Gasteiger partial charge in [-0.3, -0.25) is 9.78 Å². The van der Waals surface area contributed by atoms with Crippen LogP contribution < -0.4 is 0 Å². The number of carbonyl (C=O) groups excluding carboxylic acids is 1. The number of rotatable bonds is 1. The van der Waals surface area contributed by atoms with E-state index in [4.69, 9.17) is 0 Å². The molecule has 124 valence electrons. The second-order valence-electron chi connectivity index (χ2n) is 5.95. The summed E-state index contributed by atoms with van der Waals surface area (Å²) in [4.78, 5) is 16.8. The molecule has 1 aromatic rings. The number of halogens is 2. The standard InChI is InChI=1S/C9H17NO.C7H8F2NP/c1-7-4-5-10(9(3)11)8(2)6-7;1-5-6(7(8,9)11)3-2-4-10-5/h7-8H,4-6H2,1-3H3;2-4H,11H2,1H3. The summed E-state index contributed by atoms with van der Waals surface area (Å²) in [7, 11) is 1.49. The number of nitrogens with zero attached hydrogens (tertiary/aromatic N) is 2. The Kier molecular flexibility index (Phi) is 6.86. The maximum atomic E-state index is 12.6. The van der Waals surface area contributed by atoms with Gasteiger partial charge in [-0.05, 0) is 44.7 Å². The fourth-order valence-corrected chi connectivity index (χ4v) is 3.02. The molecule has 1 aliphatic rings. The Hall–Kier alpha value is -1.09. The molecule has 2 heterocycles. The van der Waals surface area contributed by atoms with Gasteiger partial charge in [-0.25, -0.2) is 0 Å². The number of piperidine rings is 1. The van der Waals surface area contributed by atoms with Crippen molar-refractivity contribution in [3.8, 4) is 0 Å². The van der Waals surface area contributed by atoms with Crippen LogP contribution in [-0.4, -0.2) is 28.4 Å². The highest BCUT2D eigenvalue weighted by Crippen LogP contribution is 2.35. The van der Waals surface area contributed by atoms with Gasteiger partial charge < -0.3 is 4.90 Å². The second kappa shape index (κ2) is 7.96. The van der Waals surface area contributed by atoms with Crippen LogP contribution in [0.4, 0.5) is 8.78 Å². The number of hydrogen-bond donors (Lipinski definition) is 0. The number of amides is 1. The van der Waals surface area contributed by atoms with E-state index in [1.54, 1.807) is 13.8 Å². The van der Waals surface area contributed by atoms with Gasteiger partial charge in [0.15, 0.2) is 0 Å². The first-order chi connectivity index (χ1) is 10.1. The highest BCUT2D eigenvalue weighted by Gasteiger charge is 2.26. The van der Waals surface area contributed by atoms with Crippen molar-refractivity contribution in [2.75, 3.05) is 6.54 Å². The van der Waals surface area contributed by atoms with Crippen molar-refractivity contribution >= 4 is 15.1 Å². The smallest absolute Gasteiger partial charge is 0.285 e. The van der Waals surface area contributed by atoms with E-state index < -0.39 is 5.66 Å². The summed E-state index contributed by atoms with van der Waals surface area (Å²) in [5.74, 6) is 1.02. The zero-order valence-electron chi connectivity index (χ0n) is 13.6. The minimum absolute atomic E-state index is 0.0370. The van der Waals surface area contributed by atoms with Gasteiger partial charge in [-0.1, -0.05) is 16.2 Å². The van der Waals surface area contributed by atoms with E-state index in [0.717, 1.165) is 12.5 Å². The first-order valence-corrected chi connectivity index (χ1v) is 8.06. The summed E-state index contributed by atoms with van der Waals surface area (Å²) < 4.78 is 25.3. The lowest BCUT2D eigenvalue weighted by Gasteiger charge is -2.35. The predicted molar refractivity (Wildman–Crippen MR) is 87.8 cm³/mol. The van der Waals surface area contributed by atoms with E-state index in [1.807, 2.05) is 4.90 Å². The van der Waals surface area contributed by atoms with Crippen molar-refractivity contribution in [2.45, 2.75) is 52.2 Å². The fourth-order valence-electron chi connectivity index (χ4n) is 2.71. The number of hydrogen-bond acceptors (Lipinski definition) is 2. The number of likely N-dealkylation sites (tertiary alicyclic amines) is 1. The van der Waals surface area contributed by atoms with Crippen molar-refractivity contribution < 1.29 is 13.6 Å². The Morgan fingerprint density at radius 3 is 2.50 bits per heavy atom. The molecule has 1 fully saturated rings. The number of aromatic nitrogens is 1. The Bertz CT molecular complexity index is 505. The van der Waals surface area contributed by atoms with Crippen LogP contribution in [0.3, 0.4) is 0 Å². The van der Waals surface area contributed by atoms with E-state index in [2.05, 4.69) is 18.8 Å². The van der Waals surface area contributed by atoms with Gasteiger partial charge in [0.2, 0.25) is 5.91 Å². The van der Waals surface area contributed by atoms with E-state index in [1.165, 1.54) is 40.4 Å². The van der Waals surface area contributed by atoms with Gasteiger partial charge >= 0.3 is 0 Å². The van der Waals surface area contributed by atoms with Crippen molar-refractivity contribution in [3.63, 3.8) is 0 Å². The van der Waals surface area contributed by atoms with Gasteiger partial charge in [-0.2, -0.15) is 8.78 Å². The third kappa shape index (κ3) is 5.60. The zero-order valence-corrected chi connectivity index (χ0v) is 14.8. The minimum atomic E-state index is -2.86. The molecule has 0 spiro atoms. The number of aryl methyl sites for hydroxylation is 1. The van der Waals surface area contributed by atoms with E-state index >= 15 is 0 Å². The highest BCUT2D eigenvalue weighted by molar-refractivity contribution is 7.17. The molecule has 0 N–H and O–H groups in total. The lowest BCUT2D eigenvalue weighted by Crippen LogP contribution is -2.42. The lowest BCUT2D eigenvalue weighted by molar-refractivity contribution is -0.132. The Labute approximate surface area is 133 Å². The first kappa shape index (κ1) is 19.0. The van der Waals surface area contributed by atoms with Gasteiger partial charge in [0.05, 0.1) is 0 Å². The molecule has 1 saturated heterocycles. The summed E-state index contributed by atoms with van der Waals surface area (Å²) in [5, 5.41) is 0. The summed E-state index contributed by atoms with van der Waals surface area (Å²) in [6.45, 7) is 8.57. The SMILES string of the molecule is CC(=O)N1CCC(C)CC1C.Cc1ncccc1C(F)(F)P. The largest absolute Gasteiger partial charge is 0.340 e. The van der Waals surface area contributed by atoms with Crippen LogP contribution in [0, 0.1) is 12.8 Å². The van der Waals surface area contributed by atoms with Crippen LogP contribution in [-0.2, 0) is 10.5 Å². The van der Waals surface area contributed by atoms with Crippen LogP contribution in [0.25, 0.3) is 0 Å². The monoisotopic (exact) mass is 330 g/mol. The summed E-state index contributed by atoms with van der Waals surface area (Å²) in [6.07, 6.45) is 3.83. The zero-order chi connectivity index (χ0) is 16.9. The third-order valence-electron chi connectivity index (χ3n) is 3.91. The van der Waals surface area contributed by atoms with Gasteiger partial charge in [0.25, 0.3) is 5.66 Å². The van der Waals surface area contributed by atoms with Crippen LogP contribution in [0.2, 0.25) is 0 Å². The van der Waals surface area contributed by atoms with Gasteiger partial charge in [-0.15, -0.1) is 0 Å². The normalized spacial score (nSPS) is 21.9. The third-order valence-corrected chi connectivity index (χ3v) is 4.22. The van der Waals surface area contributed by atoms with E-state index in [0.29, 0.717) is 11.7 Å². The molecule has 3 atom stereocenters. The Morgan fingerprint density at radius 2 is 2.09 bits per heavy atom. The quantitative estimate of drug-likeness (QED) is 0.730. The minimum Gasteiger partial charge on any atom is -0.340 e. The van der Waals surface area contributed by atoms with Crippen LogP contribution >= 0.6 is 9.24 Å². The molecule has 3 unspecified atom stereocenters. The van der Waals surface area contributed by atoms with Crippen LogP contribution in [0.15, 0.2) is 18.3 Å². The van der Waals surface area contributed by atoms with Gasteiger partial charge in [0.1, 0.15) is 0 Å². The Morgan fingerprint density at radius 1 is 1.45 bits per heavy atom. The maximum absolute atomic E-state index is 12.6. The number of pyridine rings is 1. The molecule has 1 aliphatic heterocycles. The second-order valence-corrected chi connectivity index (χ2v) is 6.68. The van der Waals surface area contributed by atoms with E-state index in [9.17, 15) is 13.6 Å². The number of carbonyl (C=O) groups is 1. The Balaban J connectivity index is 0.000000220. The molecular weight excluding hydrogens is 305 g/mol. The highest BCUT2D eigenvalue weighted by atomic mass is 31.0. The molecule has 2 rings (SSSR count). The van der Waals surface area contributed by atoms with Crippen molar-refractivity contribution in [2.24, 2.45) is 5.92 Å². The molecule has 0 aliphatic carbocycles. The van der Waals surface area contributed by atoms with Crippen molar-refractivity contribution in [3.05, 3.63) is 29.6 Å². The average molecular weight is 330 g/mol. The molecule has 1 aromatic heterocycles. The average Bonchev–Trinajstić information content (AvgIpc) is 2.38. The summed E-state index contributed by atoms with van der Waals surface area (Å²) in [5.41, 5.74) is -2.53. The lowest BCUT2D eigenvalue weighted by atomic mass is 9.93. The molecule has 3 nitrogen and oxygen atoms in total. The summed E-state index contributed by atoms with van der Waals surface area (Å²) >= 11 is 0. The maximum Gasteiger partial charge on any atom is 0.285 e. The molecule has 0 radical (unpaired) electrons.